The van der Waals surface area contributed by atoms with E-state index in [1.54, 1.807) is 0 Å². The van der Waals surface area contributed by atoms with Gasteiger partial charge in [0.1, 0.15) is 5.82 Å². The Kier molecular flexibility index (Phi) is 6.59. The largest absolute Gasteiger partial charge is 0.349 e. The van der Waals surface area contributed by atoms with Gasteiger partial charge in [-0.15, -0.1) is 24.8 Å². The zero-order chi connectivity index (χ0) is 16.7. The molecule has 0 bridgehead atoms. The van der Waals surface area contributed by atoms with Crippen molar-refractivity contribution in [3.63, 3.8) is 0 Å². The summed E-state index contributed by atoms with van der Waals surface area (Å²) in [4.78, 5) is 17.3. The summed E-state index contributed by atoms with van der Waals surface area (Å²) in [6.07, 6.45) is 3.33. The minimum Gasteiger partial charge on any atom is -0.349 e. The number of hydrogen-bond donors (Lipinski definition) is 2. The summed E-state index contributed by atoms with van der Waals surface area (Å²) in [5.41, 5.74) is 2.42. The Hall–Kier alpha value is -1.30. The first kappa shape index (κ1) is 21.0. The standard InChI is InChI=1S/C19H26N4O.2ClH/c1-13(2)23-16-6-4-3-5-15(16)22-17(23)12-21-18(24)14-11-19(14)7-9-20-10-8-19;;/h3-6,13-14,20H,7-12H2,1-2H3,(H,21,24);2*1H. The van der Waals surface area contributed by atoms with Crippen LogP contribution in [-0.2, 0) is 11.3 Å². The van der Waals surface area contributed by atoms with Crippen LogP contribution in [-0.4, -0.2) is 28.5 Å². The SMILES string of the molecule is CC(C)n1c(CNC(=O)C2CC23CCNCC3)nc2ccccc21.Cl.Cl. The molecule has 2 fully saturated rings. The Bertz CT molecular complexity index is 768. The van der Waals surface area contributed by atoms with Crippen LogP contribution in [0.15, 0.2) is 24.3 Å². The first-order chi connectivity index (χ1) is 11.6. The van der Waals surface area contributed by atoms with Gasteiger partial charge < -0.3 is 15.2 Å². The Morgan fingerprint density at radius 3 is 2.69 bits per heavy atom. The number of amides is 1. The molecular weight excluding hydrogens is 371 g/mol. The summed E-state index contributed by atoms with van der Waals surface area (Å²) in [6.45, 7) is 6.92. The van der Waals surface area contributed by atoms with Gasteiger partial charge in [-0.05, 0) is 63.7 Å². The highest BCUT2D eigenvalue weighted by Crippen LogP contribution is 2.58. The van der Waals surface area contributed by atoms with Crippen LogP contribution in [0.4, 0.5) is 0 Å². The summed E-state index contributed by atoms with van der Waals surface area (Å²) in [5.74, 6) is 1.36. The third-order valence-corrected chi connectivity index (χ3v) is 5.71. The van der Waals surface area contributed by atoms with Crippen LogP contribution in [0.25, 0.3) is 11.0 Å². The molecule has 144 valence electrons. The van der Waals surface area contributed by atoms with Crippen molar-refractivity contribution in [1.82, 2.24) is 20.2 Å². The molecule has 1 saturated carbocycles. The number of para-hydroxylation sites is 2. The first-order valence-corrected chi connectivity index (χ1v) is 9.05. The molecule has 1 aliphatic heterocycles. The second-order valence-corrected chi connectivity index (χ2v) is 7.57. The zero-order valence-corrected chi connectivity index (χ0v) is 17.0. The maximum atomic E-state index is 12.6. The monoisotopic (exact) mass is 398 g/mol. The van der Waals surface area contributed by atoms with Gasteiger partial charge in [-0.3, -0.25) is 4.79 Å². The van der Waals surface area contributed by atoms with Crippen LogP contribution in [0.5, 0.6) is 0 Å². The number of rotatable bonds is 4. The molecule has 1 spiro atoms. The van der Waals surface area contributed by atoms with E-state index in [0.717, 1.165) is 49.2 Å². The molecule has 2 N–H and O–H groups in total. The van der Waals surface area contributed by atoms with E-state index in [1.807, 2.05) is 18.2 Å². The van der Waals surface area contributed by atoms with Gasteiger partial charge in [0.2, 0.25) is 5.91 Å². The van der Waals surface area contributed by atoms with Crippen LogP contribution < -0.4 is 10.6 Å². The average molecular weight is 399 g/mol. The number of benzene rings is 1. The molecule has 1 aromatic heterocycles. The van der Waals surface area contributed by atoms with E-state index in [4.69, 9.17) is 4.98 Å². The molecular formula is C19H28Cl2N4O. The van der Waals surface area contributed by atoms with E-state index >= 15 is 0 Å². The lowest BCUT2D eigenvalue weighted by atomic mass is 9.92. The molecule has 1 unspecified atom stereocenters. The van der Waals surface area contributed by atoms with Crippen molar-refractivity contribution in [3.05, 3.63) is 30.1 Å². The summed E-state index contributed by atoms with van der Waals surface area (Å²) in [6, 6.07) is 8.49. The fraction of sp³-hybridized carbons (Fsp3) is 0.579. The Morgan fingerprint density at radius 2 is 2.00 bits per heavy atom. The number of piperidine rings is 1. The number of carbonyl (C=O) groups excluding carboxylic acids is 1. The Morgan fingerprint density at radius 1 is 1.31 bits per heavy atom. The van der Waals surface area contributed by atoms with Gasteiger partial charge >= 0.3 is 0 Å². The van der Waals surface area contributed by atoms with E-state index in [2.05, 4.69) is 35.1 Å². The topological polar surface area (TPSA) is 59.0 Å². The molecule has 1 aliphatic carbocycles. The molecule has 2 heterocycles. The molecule has 1 atom stereocenters. The molecule has 2 aliphatic rings. The number of carbonyl (C=O) groups is 1. The highest BCUT2D eigenvalue weighted by molar-refractivity contribution is 5.85. The molecule has 7 heteroatoms. The maximum absolute atomic E-state index is 12.6. The fourth-order valence-corrected chi connectivity index (χ4v) is 4.28. The van der Waals surface area contributed by atoms with E-state index in [-0.39, 0.29) is 42.1 Å². The van der Waals surface area contributed by atoms with Crippen molar-refractivity contribution in [1.29, 1.82) is 0 Å². The van der Waals surface area contributed by atoms with Gasteiger partial charge in [-0.1, -0.05) is 12.1 Å². The normalized spacial score (nSPS) is 20.5. The van der Waals surface area contributed by atoms with Gasteiger partial charge in [0.15, 0.2) is 0 Å². The number of imidazole rings is 1. The van der Waals surface area contributed by atoms with Crippen molar-refractivity contribution in [2.45, 2.75) is 45.7 Å². The molecule has 2 aromatic rings. The Labute approximate surface area is 167 Å². The Balaban J connectivity index is 0.00000121. The van der Waals surface area contributed by atoms with Gasteiger partial charge in [0.05, 0.1) is 17.6 Å². The molecule has 1 saturated heterocycles. The number of hydrogen-bond acceptors (Lipinski definition) is 3. The van der Waals surface area contributed by atoms with Crippen LogP contribution in [0.3, 0.4) is 0 Å². The van der Waals surface area contributed by atoms with Gasteiger partial charge in [-0.25, -0.2) is 4.98 Å². The predicted octanol–water partition coefficient (Wildman–Crippen LogP) is 3.47. The van der Waals surface area contributed by atoms with Gasteiger partial charge in [-0.2, -0.15) is 0 Å². The molecule has 0 radical (unpaired) electrons. The molecule has 1 amide bonds. The lowest BCUT2D eigenvalue weighted by Gasteiger charge is -2.23. The number of nitrogens with one attached hydrogen (secondary N) is 2. The third kappa shape index (κ3) is 3.71. The smallest absolute Gasteiger partial charge is 0.224 e. The summed E-state index contributed by atoms with van der Waals surface area (Å²) in [7, 11) is 0. The van der Waals surface area contributed by atoms with E-state index in [0.29, 0.717) is 12.6 Å². The molecule has 1 aromatic carbocycles. The molecule has 5 nitrogen and oxygen atoms in total. The number of fused-ring (bicyclic) bond motifs is 1. The first-order valence-electron chi connectivity index (χ1n) is 9.05. The van der Waals surface area contributed by atoms with Crippen LogP contribution >= 0.6 is 24.8 Å². The van der Waals surface area contributed by atoms with E-state index in [9.17, 15) is 4.79 Å². The lowest BCUT2D eigenvalue weighted by molar-refractivity contribution is -0.123. The third-order valence-electron chi connectivity index (χ3n) is 5.71. The van der Waals surface area contributed by atoms with Gasteiger partial charge in [0.25, 0.3) is 0 Å². The lowest BCUT2D eigenvalue weighted by Crippen LogP contribution is -2.34. The van der Waals surface area contributed by atoms with Crippen LogP contribution in [0, 0.1) is 11.3 Å². The van der Waals surface area contributed by atoms with E-state index < -0.39 is 0 Å². The van der Waals surface area contributed by atoms with Gasteiger partial charge in [0, 0.05) is 12.0 Å². The van der Waals surface area contributed by atoms with Crippen molar-refractivity contribution >= 4 is 41.8 Å². The minimum atomic E-state index is 0. The summed E-state index contributed by atoms with van der Waals surface area (Å²) >= 11 is 0. The number of halogens is 2. The summed E-state index contributed by atoms with van der Waals surface area (Å²) in [5, 5.41) is 6.53. The second kappa shape index (κ2) is 8.15. The summed E-state index contributed by atoms with van der Waals surface area (Å²) < 4.78 is 2.23. The van der Waals surface area contributed by atoms with Crippen LogP contribution in [0.2, 0.25) is 0 Å². The van der Waals surface area contributed by atoms with Crippen molar-refractivity contribution in [2.75, 3.05) is 13.1 Å². The van der Waals surface area contributed by atoms with E-state index in [1.165, 1.54) is 0 Å². The number of aromatic nitrogens is 2. The quantitative estimate of drug-likeness (QED) is 0.828. The highest BCUT2D eigenvalue weighted by atomic mass is 35.5. The fourth-order valence-electron chi connectivity index (χ4n) is 4.28. The average Bonchev–Trinajstić information content (AvgIpc) is 3.13. The van der Waals surface area contributed by atoms with Crippen LogP contribution in [0.1, 0.15) is 45.0 Å². The maximum Gasteiger partial charge on any atom is 0.224 e. The molecule has 26 heavy (non-hydrogen) atoms. The van der Waals surface area contributed by atoms with Crippen molar-refractivity contribution in [2.24, 2.45) is 11.3 Å². The highest BCUT2D eigenvalue weighted by Gasteiger charge is 2.57. The van der Waals surface area contributed by atoms with Crippen molar-refractivity contribution < 1.29 is 4.79 Å². The predicted molar refractivity (Wildman–Crippen MR) is 109 cm³/mol. The van der Waals surface area contributed by atoms with Crippen molar-refractivity contribution in [3.8, 4) is 0 Å². The number of nitrogens with zero attached hydrogens (tertiary/aromatic N) is 2. The minimum absolute atomic E-state index is 0. The molecule has 4 rings (SSSR count). The second-order valence-electron chi connectivity index (χ2n) is 7.57. The zero-order valence-electron chi connectivity index (χ0n) is 15.3.